The SMILES string of the molecule is c1cnc(N2CCC[C@@H](c3cnco3)C2)cn1. The maximum atomic E-state index is 5.38. The number of piperidine rings is 1. The van der Waals surface area contributed by atoms with Gasteiger partial charge in [-0.25, -0.2) is 9.97 Å². The molecule has 0 spiro atoms. The average Bonchev–Trinajstić information content (AvgIpc) is 2.94. The molecule has 0 aromatic carbocycles. The van der Waals surface area contributed by atoms with Crippen LogP contribution in [0.4, 0.5) is 5.82 Å². The van der Waals surface area contributed by atoms with Crippen LogP contribution in [-0.2, 0) is 0 Å². The van der Waals surface area contributed by atoms with E-state index in [1.54, 1.807) is 12.4 Å². The highest BCUT2D eigenvalue weighted by atomic mass is 16.3. The Morgan fingerprint density at radius 2 is 2.24 bits per heavy atom. The van der Waals surface area contributed by atoms with Crippen molar-refractivity contribution < 1.29 is 4.42 Å². The lowest BCUT2D eigenvalue weighted by Gasteiger charge is -2.32. The van der Waals surface area contributed by atoms with E-state index in [0.717, 1.165) is 37.5 Å². The van der Waals surface area contributed by atoms with Crippen LogP contribution in [0.15, 0.2) is 35.6 Å². The summed E-state index contributed by atoms with van der Waals surface area (Å²) >= 11 is 0. The molecule has 0 amide bonds. The van der Waals surface area contributed by atoms with Gasteiger partial charge in [-0.3, -0.25) is 4.98 Å². The van der Waals surface area contributed by atoms with Crippen LogP contribution in [0.3, 0.4) is 0 Å². The molecule has 5 heteroatoms. The molecular weight excluding hydrogens is 216 g/mol. The van der Waals surface area contributed by atoms with Gasteiger partial charge in [0.1, 0.15) is 11.6 Å². The van der Waals surface area contributed by atoms with Crippen LogP contribution in [0, 0.1) is 0 Å². The summed E-state index contributed by atoms with van der Waals surface area (Å²) in [6.07, 6.45) is 10.8. The fourth-order valence-electron chi connectivity index (χ4n) is 2.30. The maximum absolute atomic E-state index is 5.38. The number of anilines is 1. The van der Waals surface area contributed by atoms with Gasteiger partial charge in [-0.05, 0) is 12.8 Å². The van der Waals surface area contributed by atoms with Crippen molar-refractivity contribution in [2.75, 3.05) is 18.0 Å². The fourth-order valence-corrected chi connectivity index (χ4v) is 2.30. The molecular formula is C12H14N4O. The first-order valence-corrected chi connectivity index (χ1v) is 5.83. The zero-order valence-electron chi connectivity index (χ0n) is 9.49. The van der Waals surface area contributed by atoms with E-state index in [0.29, 0.717) is 5.92 Å². The van der Waals surface area contributed by atoms with Gasteiger partial charge >= 0.3 is 0 Å². The summed E-state index contributed by atoms with van der Waals surface area (Å²) in [6.45, 7) is 1.96. The van der Waals surface area contributed by atoms with Crippen molar-refractivity contribution in [3.05, 3.63) is 36.9 Å². The molecule has 0 aliphatic carbocycles. The normalized spacial score (nSPS) is 20.5. The highest BCUT2D eigenvalue weighted by Gasteiger charge is 2.24. The quantitative estimate of drug-likeness (QED) is 0.788. The summed E-state index contributed by atoms with van der Waals surface area (Å²) in [5.41, 5.74) is 0. The molecule has 0 saturated carbocycles. The Hall–Kier alpha value is -1.91. The monoisotopic (exact) mass is 230 g/mol. The summed E-state index contributed by atoms with van der Waals surface area (Å²) in [4.78, 5) is 14.7. The molecule has 1 aliphatic heterocycles. The molecule has 0 radical (unpaired) electrons. The van der Waals surface area contributed by atoms with Gasteiger partial charge < -0.3 is 9.32 Å². The van der Waals surface area contributed by atoms with Crippen LogP contribution < -0.4 is 4.90 Å². The molecule has 3 heterocycles. The number of aromatic nitrogens is 3. The highest BCUT2D eigenvalue weighted by molar-refractivity contribution is 5.36. The second-order valence-corrected chi connectivity index (χ2v) is 4.25. The third-order valence-corrected chi connectivity index (χ3v) is 3.15. The lowest BCUT2D eigenvalue weighted by molar-refractivity contribution is 0.409. The van der Waals surface area contributed by atoms with Gasteiger partial charge in [0.25, 0.3) is 0 Å². The number of oxazole rings is 1. The van der Waals surface area contributed by atoms with Gasteiger partial charge in [0.15, 0.2) is 6.39 Å². The van der Waals surface area contributed by atoms with Crippen LogP contribution in [0.2, 0.25) is 0 Å². The number of nitrogens with zero attached hydrogens (tertiary/aromatic N) is 4. The van der Waals surface area contributed by atoms with Crippen molar-refractivity contribution in [2.45, 2.75) is 18.8 Å². The zero-order chi connectivity index (χ0) is 11.5. The van der Waals surface area contributed by atoms with E-state index < -0.39 is 0 Å². The number of rotatable bonds is 2. The van der Waals surface area contributed by atoms with Crippen molar-refractivity contribution in [3.8, 4) is 0 Å². The molecule has 0 unspecified atom stereocenters. The number of hydrogen-bond donors (Lipinski definition) is 0. The van der Waals surface area contributed by atoms with Gasteiger partial charge in [0.05, 0.1) is 12.4 Å². The first-order valence-electron chi connectivity index (χ1n) is 5.83. The molecule has 3 rings (SSSR count). The first kappa shape index (κ1) is 10.3. The summed E-state index contributed by atoms with van der Waals surface area (Å²) in [5.74, 6) is 2.32. The van der Waals surface area contributed by atoms with Crippen LogP contribution >= 0.6 is 0 Å². The molecule has 17 heavy (non-hydrogen) atoms. The van der Waals surface area contributed by atoms with Gasteiger partial charge in [-0.2, -0.15) is 0 Å². The molecule has 1 aliphatic rings. The molecule has 5 nitrogen and oxygen atoms in total. The number of hydrogen-bond acceptors (Lipinski definition) is 5. The summed E-state index contributed by atoms with van der Waals surface area (Å²) < 4.78 is 5.38. The largest absolute Gasteiger partial charge is 0.448 e. The smallest absolute Gasteiger partial charge is 0.180 e. The minimum atomic E-state index is 0.410. The Kier molecular flexibility index (Phi) is 2.73. The minimum Gasteiger partial charge on any atom is -0.448 e. The Balaban J connectivity index is 1.76. The molecule has 2 aromatic heterocycles. The fraction of sp³-hybridized carbons (Fsp3) is 0.417. The van der Waals surface area contributed by atoms with Gasteiger partial charge in [0, 0.05) is 31.4 Å². The second kappa shape index (κ2) is 4.53. The van der Waals surface area contributed by atoms with Crippen molar-refractivity contribution in [3.63, 3.8) is 0 Å². The molecule has 1 atom stereocenters. The van der Waals surface area contributed by atoms with Crippen LogP contribution in [0.5, 0.6) is 0 Å². The van der Waals surface area contributed by atoms with Crippen LogP contribution in [0.1, 0.15) is 24.5 Å². The minimum absolute atomic E-state index is 0.410. The van der Waals surface area contributed by atoms with E-state index >= 15 is 0 Å². The molecule has 88 valence electrons. The molecule has 0 bridgehead atoms. The van der Waals surface area contributed by atoms with Gasteiger partial charge in [-0.1, -0.05) is 0 Å². The van der Waals surface area contributed by atoms with Crippen molar-refractivity contribution >= 4 is 5.82 Å². The van der Waals surface area contributed by atoms with E-state index in [1.807, 2.05) is 12.4 Å². The molecule has 2 aromatic rings. The standard InChI is InChI=1S/C12H14N4O/c1-2-10(11-6-14-9-17-11)8-16(5-1)12-7-13-3-4-15-12/h3-4,6-7,9-10H,1-2,5,8H2/t10-/m1/s1. The first-order chi connectivity index (χ1) is 8.43. The Labute approximate surface area is 99.5 Å². The van der Waals surface area contributed by atoms with E-state index in [9.17, 15) is 0 Å². The van der Waals surface area contributed by atoms with Crippen molar-refractivity contribution in [1.29, 1.82) is 0 Å². The summed E-state index contributed by atoms with van der Waals surface area (Å²) in [6, 6.07) is 0. The Bertz CT molecular complexity index is 457. The third kappa shape index (κ3) is 2.13. The maximum Gasteiger partial charge on any atom is 0.180 e. The van der Waals surface area contributed by atoms with Crippen LogP contribution in [-0.4, -0.2) is 28.0 Å². The van der Waals surface area contributed by atoms with E-state index in [2.05, 4.69) is 19.9 Å². The Morgan fingerprint density at radius 1 is 1.24 bits per heavy atom. The topological polar surface area (TPSA) is 55.1 Å². The van der Waals surface area contributed by atoms with Crippen molar-refractivity contribution in [2.24, 2.45) is 0 Å². The van der Waals surface area contributed by atoms with Crippen molar-refractivity contribution in [1.82, 2.24) is 15.0 Å². The highest BCUT2D eigenvalue weighted by Crippen LogP contribution is 2.28. The Morgan fingerprint density at radius 3 is 3.00 bits per heavy atom. The predicted molar refractivity (Wildman–Crippen MR) is 62.7 cm³/mol. The van der Waals surface area contributed by atoms with Gasteiger partial charge in [0.2, 0.25) is 0 Å². The third-order valence-electron chi connectivity index (χ3n) is 3.15. The summed E-state index contributed by atoms with van der Waals surface area (Å²) in [7, 11) is 0. The summed E-state index contributed by atoms with van der Waals surface area (Å²) in [5, 5.41) is 0. The van der Waals surface area contributed by atoms with E-state index in [1.165, 1.54) is 6.39 Å². The van der Waals surface area contributed by atoms with Gasteiger partial charge in [-0.15, -0.1) is 0 Å². The lowest BCUT2D eigenvalue weighted by Crippen LogP contribution is -2.34. The molecule has 1 saturated heterocycles. The average molecular weight is 230 g/mol. The second-order valence-electron chi connectivity index (χ2n) is 4.25. The lowest BCUT2D eigenvalue weighted by atomic mass is 9.96. The zero-order valence-corrected chi connectivity index (χ0v) is 9.49. The molecule has 1 fully saturated rings. The van der Waals surface area contributed by atoms with Crippen LogP contribution in [0.25, 0.3) is 0 Å². The predicted octanol–water partition coefficient (Wildman–Crippen LogP) is 1.85. The van der Waals surface area contributed by atoms with E-state index in [4.69, 9.17) is 4.42 Å². The molecule has 0 N–H and O–H groups in total. The van der Waals surface area contributed by atoms with E-state index in [-0.39, 0.29) is 0 Å².